The van der Waals surface area contributed by atoms with Gasteiger partial charge in [0.15, 0.2) is 0 Å². The minimum Gasteiger partial charge on any atom is -0.493 e. The molecular formula is C17H25NOS. The van der Waals surface area contributed by atoms with Crippen molar-refractivity contribution >= 4 is 11.8 Å². The van der Waals surface area contributed by atoms with Crippen LogP contribution in [0.25, 0.3) is 0 Å². The molecular weight excluding hydrogens is 266 g/mol. The molecule has 3 heteroatoms. The Bertz CT molecular complexity index is 400. The van der Waals surface area contributed by atoms with Gasteiger partial charge in [0.05, 0.1) is 12.7 Å². The fourth-order valence-corrected chi connectivity index (χ4v) is 2.74. The lowest BCUT2D eigenvalue weighted by Crippen LogP contribution is -2.01. The Balaban J connectivity index is 2.23. The molecule has 0 fully saturated rings. The number of hydrogen-bond donors (Lipinski definition) is 0. The molecule has 20 heavy (non-hydrogen) atoms. The smallest absolute Gasteiger partial charge is 0.122 e. The lowest BCUT2D eigenvalue weighted by atomic mass is 10.1. The molecule has 1 aromatic carbocycles. The normalized spacial score (nSPS) is 10.2. The van der Waals surface area contributed by atoms with Crippen LogP contribution in [0.3, 0.4) is 0 Å². The Morgan fingerprint density at radius 3 is 2.80 bits per heavy atom. The number of rotatable bonds is 11. The highest BCUT2D eigenvalue weighted by molar-refractivity contribution is 7.99. The maximum Gasteiger partial charge on any atom is 0.122 e. The Kier molecular flexibility index (Phi) is 9.87. The Morgan fingerprint density at radius 2 is 2.00 bits per heavy atom. The van der Waals surface area contributed by atoms with Crippen LogP contribution in [-0.2, 0) is 6.42 Å². The summed E-state index contributed by atoms with van der Waals surface area (Å²) in [5, 5.41) is 8.45. The van der Waals surface area contributed by atoms with Gasteiger partial charge >= 0.3 is 0 Å². The molecule has 0 amide bonds. The Hall–Kier alpha value is -1.14. The summed E-state index contributed by atoms with van der Waals surface area (Å²) in [5.41, 5.74) is 1.33. The van der Waals surface area contributed by atoms with Gasteiger partial charge in [-0.15, -0.1) is 0 Å². The lowest BCUT2D eigenvalue weighted by Gasteiger charge is -2.11. The maximum absolute atomic E-state index is 8.45. The monoisotopic (exact) mass is 291 g/mol. The van der Waals surface area contributed by atoms with Crippen LogP contribution in [0.2, 0.25) is 0 Å². The molecule has 0 atom stereocenters. The van der Waals surface area contributed by atoms with Gasteiger partial charge in [0.25, 0.3) is 0 Å². The third kappa shape index (κ3) is 7.45. The van der Waals surface area contributed by atoms with Crippen molar-refractivity contribution in [3.8, 4) is 11.8 Å². The quantitative estimate of drug-likeness (QED) is 0.547. The number of unbranched alkanes of at least 4 members (excludes halogenated alkanes) is 2. The van der Waals surface area contributed by atoms with E-state index in [1.165, 1.54) is 24.8 Å². The van der Waals surface area contributed by atoms with Gasteiger partial charge in [0, 0.05) is 12.2 Å². The molecule has 110 valence electrons. The fourth-order valence-electron chi connectivity index (χ4n) is 1.98. The van der Waals surface area contributed by atoms with Crippen LogP contribution in [-0.4, -0.2) is 18.1 Å². The van der Waals surface area contributed by atoms with Crippen LogP contribution in [0.4, 0.5) is 0 Å². The van der Waals surface area contributed by atoms with E-state index in [1.807, 2.05) is 17.8 Å². The highest BCUT2D eigenvalue weighted by Gasteiger charge is 2.02. The van der Waals surface area contributed by atoms with Gasteiger partial charge in [-0.2, -0.15) is 17.0 Å². The van der Waals surface area contributed by atoms with Gasteiger partial charge in [-0.1, -0.05) is 38.0 Å². The number of ether oxygens (including phenoxy) is 1. The number of benzene rings is 1. The first kappa shape index (κ1) is 16.9. The molecule has 0 heterocycles. The van der Waals surface area contributed by atoms with Gasteiger partial charge < -0.3 is 4.74 Å². The van der Waals surface area contributed by atoms with E-state index in [0.717, 1.165) is 36.7 Å². The van der Waals surface area contributed by atoms with Crippen molar-refractivity contribution in [1.29, 1.82) is 5.26 Å². The van der Waals surface area contributed by atoms with Crippen LogP contribution >= 0.6 is 11.8 Å². The first-order valence-corrected chi connectivity index (χ1v) is 8.69. The van der Waals surface area contributed by atoms with Crippen molar-refractivity contribution in [1.82, 2.24) is 0 Å². The number of hydrogen-bond acceptors (Lipinski definition) is 3. The van der Waals surface area contributed by atoms with Crippen molar-refractivity contribution < 1.29 is 4.74 Å². The van der Waals surface area contributed by atoms with Crippen LogP contribution in [0, 0.1) is 11.3 Å². The lowest BCUT2D eigenvalue weighted by molar-refractivity contribution is 0.315. The van der Waals surface area contributed by atoms with E-state index in [-0.39, 0.29) is 0 Å². The minimum atomic E-state index is 0.645. The zero-order valence-corrected chi connectivity index (χ0v) is 13.3. The van der Waals surface area contributed by atoms with Crippen molar-refractivity contribution in [2.45, 2.75) is 45.4 Å². The van der Waals surface area contributed by atoms with Crippen LogP contribution in [0.5, 0.6) is 5.75 Å². The third-order valence-corrected chi connectivity index (χ3v) is 4.14. The van der Waals surface area contributed by atoms with E-state index in [9.17, 15) is 0 Å². The van der Waals surface area contributed by atoms with Crippen LogP contribution < -0.4 is 4.74 Å². The van der Waals surface area contributed by atoms with E-state index in [0.29, 0.717) is 6.42 Å². The van der Waals surface area contributed by atoms with E-state index < -0.39 is 0 Å². The summed E-state index contributed by atoms with van der Waals surface area (Å²) in [6.45, 7) is 3.00. The average Bonchev–Trinajstić information content (AvgIpc) is 2.48. The zero-order valence-electron chi connectivity index (χ0n) is 12.4. The molecule has 2 nitrogen and oxygen atoms in total. The summed E-state index contributed by atoms with van der Waals surface area (Å²) < 4.78 is 5.90. The summed E-state index contributed by atoms with van der Waals surface area (Å²) in [4.78, 5) is 0. The SMILES string of the molecule is CCCCCc1ccccc1OCCCSCCC#N. The standard InChI is InChI=1S/C17H25NOS/c1-2-3-4-9-16-10-5-6-11-17(16)19-13-8-15-20-14-7-12-18/h5-6,10-11H,2-4,7-9,13-15H2,1H3. The molecule has 1 rings (SSSR count). The number of thioether (sulfide) groups is 1. The average molecular weight is 291 g/mol. The molecule has 0 spiro atoms. The molecule has 0 N–H and O–H groups in total. The number of para-hydroxylation sites is 1. The summed E-state index contributed by atoms with van der Waals surface area (Å²) in [7, 11) is 0. The molecule has 0 aliphatic heterocycles. The number of nitriles is 1. The Labute approximate surface area is 127 Å². The van der Waals surface area contributed by atoms with E-state index >= 15 is 0 Å². The molecule has 1 aromatic rings. The van der Waals surface area contributed by atoms with Gasteiger partial charge in [0.2, 0.25) is 0 Å². The summed E-state index contributed by atoms with van der Waals surface area (Å²) in [6, 6.07) is 10.5. The second-order valence-electron chi connectivity index (χ2n) is 4.79. The van der Waals surface area contributed by atoms with Crippen molar-refractivity contribution in [3.05, 3.63) is 29.8 Å². The highest BCUT2D eigenvalue weighted by Crippen LogP contribution is 2.20. The molecule has 0 bridgehead atoms. The van der Waals surface area contributed by atoms with Crippen LogP contribution in [0.15, 0.2) is 24.3 Å². The summed E-state index contributed by atoms with van der Waals surface area (Å²) >= 11 is 1.83. The molecule has 0 radical (unpaired) electrons. The molecule has 0 unspecified atom stereocenters. The number of aryl methyl sites for hydroxylation is 1. The maximum atomic E-state index is 8.45. The first-order chi connectivity index (χ1) is 9.88. The highest BCUT2D eigenvalue weighted by atomic mass is 32.2. The van der Waals surface area contributed by atoms with Gasteiger partial charge in [-0.05, 0) is 36.6 Å². The van der Waals surface area contributed by atoms with E-state index in [2.05, 4.69) is 31.2 Å². The molecule has 0 saturated heterocycles. The third-order valence-electron chi connectivity index (χ3n) is 3.07. The second-order valence-corrected chi connectivity index (χ2v) is 6.01. The van der Waals surface area contributed by atoms with Crippen molar-refractivity contribution in [3.63, 3.8) is 0 Å². The van der Waals surface area contributed by atoms with Crippen LogP contribution in [0.1, 0.15) is 44.6 Å². The predicted octanol–water partition coefficient (Wildman–Crippen LogP) is 4.84. The molecule has 0 aromatic heterocycles. The van der Waals surface area contributed by atoms with E-state index in [4.69, 9.17) is 10.00 Å². The largest absolute Gasteiger partial charge is 0.493 e. The van der Waals surface area contributed by atoms with E-state index in [1.54, 1.807) is 0 Å². The first-order valence-electron chi connectivity index (χ1n) is 7.54. The molecule has 0 aliphatic rings. The minimum absolute atomic E-state index is 0.645. The van der Waals surface area contributed by atoms with Crippen molar-refractivity contribution in [2.24, 2.45) is 0 Å². The Morgan fingerprint density at radius 1 is 1.15 bits per heavy atom. The van der Waals surface area contributed by atoms with Gasteiger partial charge in [-0.25, -0.2) is 0 Å². The zero-order chi connectivity index (χ0) is 14.5. The fraction of sp³-hybridized carbons (Fsp3) is 0.588. The summed E-state index contributed by atoms with van der Waals surface area (Å²) in [6.07, 6.45) is 6.57. The predicted molar refractivity (Wildman–Crippen MR) is 87.3 cm³/mol. The molecule has 0 saturated carbocycles. The summed E-state index contributed by atoms with van der Waals surface area (Å²) in [5.74, 6) is 3.05. The van der Waals surface area contributed by atoms with Gasteiger partial charge in [-0.3, -0.25) is 0 Å². The second kappa shape index (κ2) is 11.7. The van der Waals surface area contributed by atoms with Gasteiger partial charge in [0.1, 0.15) is 5.75 Å². The van der Waals surface area contributed by atoms with Crippen molar-refractivity contribution in [2.75, 3.05) is 18.1 Å². The topological polar surface area (TPSA) is 33.0 Å². The molecule has 0 aliphatic carbocycles. The number of nitrogens with zero attached hydrogens (tertiary/aromatic N) is 1.